The summed E-state index contributed by atoms with van der Waals surface area (Å²) in [6.45, 7) is 4.18. The Morgan fingerprint density at radius 3 is 2.25 bits per heavy atom. The fraction of sp³-hybridized carbons (Fsp3) is 0.182. The molecular weight excluding hydrogens is 436 g/mol. The van der Waals surface area contributed by atoms with Crippen LogP contribution >= 0.6 is 15.9 Å². The Labute approximate surface area is 175 Å². The number of nitrogens with one attached hydrogen (secondary N) is 2. The second-order valence-corrected chi connectivity index (χ2v) is 9.36. The highest BCUT2D eigenvalue weighted by atomic mass is 79.9. The van der Waals surface area contributed by atoms with Crippen molar-refractivity contribution in [2.45, 2.75) is 24.8 Å². The molecule has 0 spiro atoms. The monoisotopic (exact) mass is 458 g/mol. The van der Waals surface area contributed by atoms with Gasteiger partial charge >= 0.3 is 0 Å². The van der Waals surface area contributed by atoms with Gasteiger partial charge in [-0.05, 0) is 55.3 Å². The molecule has 146 valence electrons. The van der Waals surface area contributed by atoms with Crippen molar-refractivity contribution in [2.75, 3.05) is 11.9 Å². The van der Waals surface area contributed by atoms with Gasteiger partial charge in [-0.3, -0.25) is 0 Å². The molecule has 1 atom stereocenters. The Kier molecular flexibility index (Phi) is 6.54. The van der Waals surface area contributed by atoms with Crippen LogP contribution < -0.4 is 10.0 Å². The minimum atomic E-state index is -3.58. The molecule has 2 N–H and O–H groups in total. The van der Waals surface area contributed by atoms with Crippen LogP contribution in [0.15, 0.2) is 82.2 Å². The van der Waals surface area contributed by atoms with Gasteiger partial charge in [0.15, 0.2) is 0 Å². The number of halogens is 1. The van der Waals surface area contributed by atoms with Crippen LogP contribution in [0.4, 0.5) is 5.69 Å². The Morgan fingerprint density at radius 2 is 1.61 bits per heavy atom. The molecule has 0 aliphatic carbocycles. The van der Waals surface area contributed by atoms with E-state index in [0.29, 0.717) is 0 Å². The maximum Gasteiger partial charge on any atom is 0.240 e. The number of benzene rings is 3. The lowest BCUT2D eigenvalue weighted by Gasteiger charge is -2.21. The zero-order chi connectivity index (χ0) is 20.1. The van der Waals surface area contributed by atoms with Gasteiger partial charge in [-0.2, -0.15) is 0 Å². The SMILES string of the molecule is Cc1ccc(S(=O)(=O)NCC(Nc2ccc(Br)c(C)c2)c2ccccc2)cc1. The van der Waals surface area contributed by atoms with Crippen molar-refractivity contribution < 1.29 is 8.42 Å². The van der Waals surface area contributed by atoms with Crippen LogP contribution in [0, 0.1) is 13.8 Å². The summed E-state index contributed by atoms with van der Waals surface area (Å²) in [7, 11) is -3.58. The number of sulfonamides is 1. The lowest BCUT2D eigenvalue weighted by atomic mass is 10.1. The van der Waals surface area contributed by atoms with E-state index in [2.05, 4.69) is 26.0 Å². The van der Waals surface area contributed by atoms with Crippen LogP contribution in [0.5, 0.6) is 0 Å². The van der Waals surface area contributed by atoms with Crippen LogP contribution in [0.1, 0.15) is 22.7 Å². The highest BCUT2D eigenvalue weighted by molar-refractivity contribution is 9.10. The molecule has 0 aromatic heterocycles. The van der Waals surface area contributed by atoms with Gasteiger partial charge in [-0.25, -0.2) is 13.1 Å². The molecule has 3 aromatic rings. The molecular formula is C22H23BrN2O2S. The average Bonchev–Trinajstić information content (AvgIpc) is 2.69. The number of aryl methyl sites for hydroxylation is 2. The van der Waals surface area contributed by atoms with Gasteiger partial charge in [0.2, 0.25) is 10.0 Å². The Bertz CT molecular complexity index is 1040. The molecule has 0 amide bonds. The normalized spacial score (nSPS) is 12.5. The zero-order valence-electron chi connectivity index (χ0n) is 15.8. The van der Waals surface area contributed by atoms with Gasteiger partial charge in [-0.1, -0.05) is 64.0 Å². The quantitative estimate of drug-likeness (QED) is 0.511. The first-order chi connectivity index (χ1) is 13.3. The van der Waals surface area contributed by atoms with E-state index in [0.717, 1.165) is 26.9 Å². The molecule has 3 aromatic carbocycles. The minimum Gasteiger partial charge on any atom is -0.377 e. The lowest BCUT2D eigenvalue weighted by molar-refractivity contribution is 0.576. The first kappa shape index (κ1) is 20.6. The molecule has 0 fully saturated rings. The maximum absolute atomic E-state index is 12.7. The largest absolute Gasteiger partial charge is 0.377 e. The molecule has 0 saturated heterocycles. The third-order valence-electron chi connectivity index (χ3n) is 4.51. The molecule has 0 aliphatic rings. The van der Waals surface area contributed by atoms with E-state index < -0.39 is 10.0 Å². The second-order valence-electron chi connectivity index (χ2n) is 6.74. The van der Waals surface area contributed by atoms with Crippen molar-refractivity contribution in [1.82, 2.24) is 4.72 Å². The van der Waals surface area contributed by atoms with E-state index in [1.54, 1.807) is 24.3 Å². The van der Waals surface area contributed by atoms with Crippen molar-refractivity contribution >= 4 is 31.6 Å². The summed E-state index contributed by atoms with van der Waals surface area (Å²) < 4.78 is 29.1. The summed E-state index contributed by atoms with van der Waals surface area (Å²) in [5.74, 6) is 0. The third-order valence-corrected chi connectivity index (χ3v) is 6.84. The van der Waals surface area contributed by atoms with Gasteiger partial charge in [0.1, 0.15) is 0 Å². The predicted molar refractivity (Wildman–Crippen MR) is 118 cm³/mol. The summed E-state index contributed by atoms with van der Waals surface area (Å²) in [4.78, 5) is 0.268. The van der Waals surface area contributed by atoms with Crippen molar-refractivity contribution in [3.05, 3.63) is 94.0 Å². The summed E-state index contributed by atoms with van der Waals surface area (Å²) in [5.41, 5.74) is 4.07. The fourth-order valence-corrected chi connectivity index (χ4v) is 4.16. The van der Waals surface area contributed by atoms with E-state index in [4.69, 9.17) is 0 Å². The van der Waals surface area contributed by atoms with E-state index in [1.165, 1.54) is 0 Å². The third kappa shape index (κ3) is 5.22. The van der Waals surface area contributed by atoms with Crippen molar-refractivity contribution in [2.24, 2.45) is 0 Å². The Balaban J connectivity index is 1.81. The number of anilines is 1. The summed E-state index contributed by atoms with van der Waals surface area (Å²) in [6.07, 6.45) is 0. The molecule has 0 saturated carbocycles. The van der Waals surface area contributed by atoms with Crippen LogP contribution in [-0.2, 0) is 10.0 Å². The van der Waals surface area contributed by atoms with E-state index in [1.807, 2.05) is 62.4 Å². The average molecular weight is 459 g/mol. The van der Waals surface area contributed by atoms with Crippen molar-refractivity contribution in [1.29, 1.82) is 0 Å². The molecule has 0 aliphatic heterocycles. The van der Waals surface area contributed by atoms with Gasteiger partial charge in [0.05, 0.1) is 10.9 Å². The molecule has 28 heavy (non-hydrogen) atoms. The van der Waals surface area contributed by atoms with E-state index >= 15 is 0 Å². The van der Waals surface area contributed by atoms with Gasteiger partial charge in [0, 0.05) is 16.7 Å². The first-order valence-corrected chi connectivity index (χ1v) is 11.3. The fourth-order valence-electron chi connectivity index (χ4n) is 2.87. The maximum atomic E-state index is 12.7. The van der Waals surface area contributed by atoms with E-state index in [9.17, 15) is 8.42 Å². The lowest BCUT2D eigenvalue weighted by Crippen LogP contribution is -2.31. The summed E-state index contributed by atoms with van der Waals surface area (Å²) >= 11 is 3.51. The van der Waals surface area contributed by atoms with Crippen LogP contribution in [0.3, 0.4) is 0 Å². The number of hydrogen-bond donors (Lipinski definition) is 2. The molecule has 0 heterocycles. The number of hydrogen-bond acceptors (Lipinski definition) is 3. The predicted octanol–water partition coefficient (Wildman–Crippen LogP) is 5.20. The minimum absolute atomic E-state index is 0.206. The first-order valence-electron chi connectivity index (χ1n) is 8.99. The standard InChI is InChI=1S/C22H23BrN2O2S/c1-16-8-11-20(12-9-16)28(26,27)24-15-22(18-6-4-3-5-7-18)25-19-10-13-21(23)17(2)14-19/h3-14,22,24-25H,15H2,1-2H3. The summed E-state index contributed by atoms with van der Waals surface area (Å²) in [5, 5.41) is 3.45. The topological polar surface area (TPSA) is 58.2 Å². The summed E-state index contributed by atoms with van der Waals surface area (Å²) in [6, 6.07) is 22.5. The van der Waals surface area contributed by atoms with Crippen LogP contribution in [-0.4, -0.2) is 15.0 Å². The molecule has 0 bridgehead atoms. The number of rotatable bonds is 7. The van der Waals surface area contributed by atoms with Crippen LogP contribution in [0.25, 0.3) is 0 Å². The molecule has 6 heteroatoms. The zero-order valence-corrected chi connectivity index (χ0v) is 18.2. The molecule has 0 radical (unpaired) electrons. The van der Waals surface area contributed by atoms with Gasteiger partial charge < -0.3 is 5.32 Å². The highest BCUT2D eigenvalue weighted by Gasteiger charge is 2.18. The van der Waals surface area contributed by atoms with Gasteiger partial charge in [0.25, 0.3) is 0 Å². The highest BCUT2D eigenvalue weighted by Crippen LogP contribution is 2.24. The Morgan fingerprint density at radius 1 is 0.929 bits per heavy atom. The Hall–Kier alpha value is -2.15. The van der Waals surface area contributed by atoms with Crippen molar-refractivity contribution in [3.8, 4) is 0 Å². The van der Waals surface area contributed by atoms with E-state index in [-0.39, 0.29) is 17.5 Å². The molecule has 1 unspecified atom stereocenters. The van der Waals surface area contributed by atoms with Gasteiger partial charge in [-0.15, -0.1) is 0 Å². The molecule has 3 rings (SSSR count). The smallest absolute Gasteiger partial charge is 0.240 e. The van der Waals surface area contributed by atoms with Crippen LogP contribution in [0.2, 0.25) is 0 Å². The van der Waals surface area contributed by atoms with Crippen molar-refractivity contribution in [3.63, 3.8) is 0 Å². The molecule has 4 nitrogen and oxygen atoms in total. The second kappa shape index (κ2) is 8.90.